The number of fused-ring (bicyclic) bond motifs is 1. The van der Waals surface area contributed by atoms with Crippen molar-refractivity contribution in [1.29, 1.82) is 0 Å². The van der Waals surface area contributed by atoms with Crippen LogP contribution in [0.5, 0.6) is 0 Å². The van der Waals surface area contributed by atoms with Gasteiger partial charge in [-0.1, -0.05) is 80.9 Å². The predicted molar refractivity (Wildman–Crippen MR) is 145 cm³/mol. The second kappa shape index (κ2) is 10.8. The van der Waals surface area contributed by atoms with Crippen LogP contribution in [0.25, 0.3) is 10.9 Å². The van der Waals surface area contributed by atoms with Gasteiger partial charge >= 0.3 is 5.97 Å². The van der Waals surface area contributed by atoms with Gasteiger partial charge in [-0.05, 0) is 41.7 Å². The first kappa shape index (κ1) is 25.9. The number of aromatic nitrogens is 1. The highest BCUT2D eigenvalue weighted by atomic mass is 16.5. The highest BCUT2D eigenvalue weighted by molar-refractivity contribution is 5.99. The molecule has 37 heavy (non-hydrogen) atoms. The number of benzene rings is 3. The van der Waals surface area contributed by atoms with Crippen LogP contribution < -0.4 is 5.32 Å². The number of ether oxygens (including phenoxy) is 1. The summed E-state index contributed by atoms with van der Waals surface area (Å²) in [5, 5.41) is 3.78. The number of carbonyl (C=O) groups excluding carboxylic acids is 3. The van der Waals surface area contributed by atoms with E-state index in [4.69, 9.17) is 4.74 Å². The number of ketones is 1. The molecular formula is C31H32N2O4. The van der Waals surface area contributed by atoms with Crippen LogP contribution in [0.3, 0.4) is 0 Å². The summed E-state index contributed by atoms with van der Waals surface area (Å²) in [5.41, 5.74) is 4.81. The number of nitrogens with one attached hydrogen (secondary N) is 2. The maximum atomic E-state index is 13.1. The molecule has 2 N–H and O–H groups in total. The molecule has 1 aromatic heterocycles. The Balaban J connectivity index is 1.52. The fourth-order valence-electron chi connectivity index (χ4n) is 4.14. The third kappa shape index (κ3) is 6.33. The van der Waals surface area contributed by atoms with Crippen molar-refractivity contribution in [2.75, 3.05) is 6.61 Å². The molecule has 1 heterocycles. The van der Waals surface area contributed by atoms with Gasteiger partial charge in [-0.3, -0.25) is 9.59 Å². The summed E-state index contributed by atoms with van der Waals surface area (Å²) in [4.78, 5) is 42.0. The van der Waals surface area contributed by atoms with Gasteiger partial charge in [0.05, 0.1) is 0 Å². The predicted octanol–water partition coefficient (Wildman–Crippen LogP) is 5.54. The van der Waals surface area contributed by atoms with Crippen molar-refractivity contribution >= 4 is 28.6 Å². The SMILES string of the molecule is Cc1ccc(C(=O)COC(=O)C(Cc2c[nH]c3ccccc23)NC(=O)c2ccc(C(C)(C)C)cc2)cc1. The maximum Gasteiger partial charge on any atom is 0.329 e. The number of aromatic amines is 1. The first-order valence-corrected chi connectivity index (χ1v) is 12.3. The van der Waals surface area contributed by atoms with E-state index in [1.54, 1.807) is 24.3 Å². The van der Waals surface area contributed by atoms with Crippen LogP contribution in [-0.4, -0.2) is 35.3 Å². The van der Waals surface area contributed by atoms with Crippen molar-refractivity contribution in [2.45, 2.75) is 45.6 Å². The summed E-state index contributed by atoms with van der Waals surface area (Å²) in [6.45, 7) is 7.85. The average molecular weight is 497 g/mol. The lowest BCUT2D eigenvalue weighted by Gasteiger charge is -2.20. The van der Waals surface area contributed by atoms with Crippen LogP contribution in [-0.2, 0) is 21.4 Å². The minimum atomic E-state index is -0.972. The first-order valence-electron chi connectivity index (χ1n) is 12.3. The molecule has 0 spiro atoms. The number of hydrogen-bond acceptors (Lipinski definition) is 4. The largest absolute Gasteiger partial charge is 0.456 e. The average Bonchev–Trinajstić information content (AvgIpc) is 3.29. The highest BCUT2D eigenvalue weighted by Crippen LogP contribution is 2.23. The van der Waals surface area contributed by atoms with Crippen molar-refractivity contribution in [2.24, 2.45) is 0 Å². The van der Waals surface area contributed by atoms with Gasteiger partial charge in [-0.2, -0.15) is 0 Å². The van der Waals surface area contributed by atoms with Crippen molar-refractivity contribution in [3.05, 3.63) is 107 Å². The molecule has 0 bridgehead atoms. The highest BCUT2D eigenvalue weighted by Gasteiger charge is 2.26. The monoisotopic (exact) mass is 496 g/mol. The summed E-state index contributed by atoms with van der Waals surface area (Å²) < 4.78 is 5.40. The maximum absolute atomic E-state index is 13.1. The number of para-hydroxylation sites is 1. The smallest absolute Gasteiger partial charge is 0.329 e. The van der Waals surface area contributed by atoms with Gasteiger partial charge in [0.25, 0.3) is 5.91 Å². The van der Waals surface area contributed by atoms with E-state index in [0.717, 1.165) is 27.6 Å². The van der Waals surface area contributed by atoms with Crippen LogP contribution in [0.4, 0.5) is 0 Å². The molecule has 1 amide bonds. The lowest BCUT2D eigenvalue weighted by Crippen LogP contribution is -2.43. The Morgan fingerprint density at radius 2 is 1.54 bits per heavy atom. The number of rotatable bonds is 8. The number of carbonyl (C=O) groups is 3. The van der Waals surface area contributed by atoms with Crippen LogP contribution in [0.15, 0.2) is 79.0 Å². The molecule has 6 heteroatoms. The third-order valence-corrected chi connectivity index (χ3v) is 6.42. The summed E-state index contributed by atoms with van der Waals surface area (Å²) in [7, 11) is 0. The van der Waals surface area contributed by atoms with Gasteiger partial charge in [0.15, 0.2) is 12.4 Å². The van der Waals surface area contributed by atoms with Gasteiger partial charge in [-0.25, -0.2) is 4.79 Å². The minimum Gasteiger partial charge on any atom is -0.456 e. The molecule has 0 saturated carbocycles. The number of aryl methyl sites for hydroxylation is 1. The molecule has 0 fully saturated rings. The van der Waals surface area contributed by atoms with Gasteiger partial charge < -0.3 is 15.0 Å². The minimum absolute atomic E-state index is 0.0410. The number of amides is 1. The van der Waals surface area contributed by atoms with E-state index in [1.165, 1.54) is 0 Å². The molecular weight excluding hydrogens is 464 g/mol. The fraction of sp³-hybridized carbons (Fsp3) is 0.258. The standard InChI is InChI=1S/C31H32N2O4/c1-20-9-11-21(12-10-20)28(34)19-37-30(36)27(17-23-18-32-26-8-6-5-7-25(23)26)33-29(35)22-13-15-24(16-14-22)31(2,3)4/h5-16,18,27,32H,17,19H2,1-4H3,(H,33,35). The molecule has 4 rings (SSSR count). The van der Waals surface area contributed by atoms with E-state index in [2.05, 4.69) is 31.1 Å². The summed E-state index contributed by atoms with van der Waals surface area (Å²) >= 11 is 0. The molecule has 190 valence electrons. The van der Waals surface area contributed by atoms with E-state index < -0.39 is 18.6 Å². The molecule has 0 aliphatic rings. The molecule has 4 aromatic rings. The zero-order chi connectivity index (χ0) is 26.6. The number of esters is 1. The molecule has 1 atom stereocenters. The van der Waals surface area contributed by atoms with Crippen LogP contribution in [0.1, 0.15) is 58.2 Å². The Morgan fingerprint density at radius 3 is 2.22 bits per heavy atom. The molecule has 0 aliphatic carbocycles. The quantitative estimate of drug-likeness (QED) is 0.248. The number of hydrogen-bond donors (Lipinski definition) is 2. The van der Waals surface area contributed by atoms with Crippen LogP contribution in [0, 0.1) is 6.92 Å². The van der Waals surface area contributed by atoms with E-state index in [0.29, 0.717) is 11.1 Å². The van der Waals surface area contributed by atoms with Crippen molar-refractivity contribution in [1.82, 2.24) is 10.3 Å². The Labute approximate surface area is 217 Å². The normalized spacial score (nSPS) is 12.2. The summed E-state index contributed by atoms with van der Waals surface area (Å²) in [6.07, 6.45) is 2.04. The zero-order valence-corrected chi connectivity index (χ0v) is 21.6. The molecule has 1 unspecified atom stereocenters. The van der Waals surface area contributed by atoms with Gasteiger partial charge in [0, 0.05) is 34.6 Å². The Hall–Kier alpha value is -4.19. The lowest BCUT2D eigenvalue weighted by molar-refractivity contribution is -0.144. The molecule has 0 saturated heterocycles. The zero-order valence-electron chi connectivity index (χ0n) is 21.6. The van der Waals surface area contributed by atoms with E-state index in [-0.39, 0.29) is 23.5 Å². The third-order valence-electron chi connectivity index (χ3n) is 6.42. The second-order valence-corrected chi connectivity index (χ2v) is 10.3. The fourth-order valence-corrected chi connectivity index (χ4v) is 4.14. The topological polar surface area (TPSA) is 88.3 Å². The Kier molecular flexibility index (Phi) is 7.58. The van der Waals surface area contributed by atoms with Crippen LogP contribution in [0.2, 0.25) is 0 Å². The van der Waals surface area contributed by atoms with E-state index in [9.17, 15) is 14.4 Å². The molecule has 0 aliphatic heterocycles. The Morgan fingerprint density at radius 1 is 0.892 bits per heavy atom. The summed E-state index contributed by atoms with van der Waals surface area (Å²) in [5.74, 6) is -1.35. The Bertz CT molecular complexity index is 1410. The van der Waals surface area contributed by atoms with E-state index in [1.807, 2.05) is 61.7 Å². The van der Waals surface area contributed by atoms with Gasteiger partial charge in [0.2, 0.25) is 0 Å². The number of H-pyrrole nitrogens is 1. The molecule has 3 aromatic carbocycles. The van der Waals surface area contributed by atoms with Crippen LogP contribution >= 0.6 is 0 Å². The van der Waals surface area contributed by atoms with Gasteiger partial charge in [0.1, 0.15) is 6.04 Å². The van der Waals surface area contributed by atoms with Gasteiger partial charge in [-0.15, -0.1) is 0 Å². The van der Waals surface area contributed by atoms with Crippen molar-refractivity contribution in [3.8, 4) is 0 Å². The lowest BCUT2D eigenvalue weighted by atomic mass is 9.86. The van der Waals surface area contributed by atoms with Crippen molar-refractivity contribution in [3.63, 3.8) is 0 Å². The molecule has 0 radical (unpaired) electrons. The second-order valence-electron chi connectivity index (χ2n) is 10.3. The van der Waals surface area contributed by atoms with E-state index >= 15 is 0 Å². The number of Topliss-reactive ketones (excluding diaryl/α,β-unsaturated/α-hetero) is 1. The van der Waals surface area contributed by atoms with Crippen molar-refractivity contribution < 1.29 is 19.1 Å². The summed E-state index contributed by atoms with van der Waals surface area (Å²) in [6, 6.07) is 21.2. The first-order chi connectivity index (χ1) is 17.6. The molecule has 6 nitrogen and oxygen atoms in total.